The second-order valence-electron chi connectivity index (χ2n) is 3.01. The number of nitrogens with one attached hydrogen (secondary N) is 1. The Morgan fingerprint density at radius 2 is 2.08 bits per heavy atom. The number of hydrogen-bond acceptors (Lipinski definition) is 2. The highest BCUT2D eigenvalue weighted by atomic mass is 16.4. The number of carboxylic acids is 1. The van der Waals surface area contributed by atoms with Crippen LogP contribution in [0.4, 0.5) is 0 Å². The summed E-state index contributed by atoms with van der Waals surface area (Å²) in [6.45, 7) is 3.64. The normalized spacial score (nSPS) is 10.4. The van der Waals surface area contributed by atoms with Crippen molar-refractivity contribution in [2.45, 2.75) is 20.3 Å². The second kappa shape index (κ2) is 3.62. The van der Waals surface area contributed by atoms with Crippen LogP contribution >= 0.6 is 0 Å². The van der Waals surface area contributed by atoms with Crippen LogP contribution in [0.1, 0.15) is 27.3 Å². The van der Waals surface area contributed by atoms with Crippen molar-refractivity contribution in [2.75, 3.05) is 6.61 Å². The number of aromatic carboxylic acids is 1. The molecule has 4 nitrogen and oxygen atoms in total. The lowest BCUT2D eigenvalue weighted by Gasteiger charge is -1.98. The highest BCUT2D eigenvalue weighted by Crippen LogP contribution is 2.18. The van der Waals surface area contributed by atoms with Gasteiger partial charge in [0.05, 0.1) is 0 Å². The number of carbonyl (C=O) groups is 1. The van der Waals surface area contributed by atoms with Gasteiger partial charge in [-0.25, -0.2) is 4.79 Å². The van der Waals surface area contributed by atoms with Gasteiger partial charge in [0.1, 0.15) is 5.69 Å². The van der Waals surface area contributed by atoms with E-state index in [1.807, 2.05) is 13.8 Å². The molecule has 0 radical (unpaired) electrons. The van der Waals surface area contributed by atoms with Crippen molar-refractivity contribution in [3.8, 4) is 0 Å². The summed E-state index contributed by atoms with van der Waals surface area (Å²) in [4.78, 5) is 13.5. The Bertz CT molecular complexity index is 328. The fourth-order valence-corrected chi connectivity index (χ4v) is 1.38. The van der Waals surface area contributed by atoms with Gasteiger partial charge < -0.3 is 15.2 Å². The molecule has 0 aromatic carbocycles. The minimum atomic E-state index is -0.973. The first-order valence-corrected chi connectivity index (χ1v) is 4.10. The van der Waals surface area contributed by atoms with E-state index in [0.717, 1.165) is 11.3 Å². The fourth-order valence-electron chi connectivity index (χ4n) is 1.38. The second-order valence-corrected chi connectivity index (χ2v) is 3.01. The topological polar surface area (TPSA) is 73.3 Å². The molecule has 0 atom stereocenters. The Morgan fingerprint density at radius 1 is 1.46 bits per heavy atom. The molecule has 0 saturated carbocycles. The maximum atomic E-state index is 10.7. The maximum Gasteiger partial charge on any atom is 0.352 e. The SMILES string of the molecule is Cc1[nH]c(C(=O)O)c(CCO)c1C. The molecule has 0 aliphatic heterocycles. The van der Waals surface area contributed by atoms with Gasteiger partial charge in [-0.2, -0.15) is 0 Å². The van der Waals surface area contributed by atoms with Crippen LogP contribution in [-0.4, -0.2) is 27.8 Å². The average Bonchev–Trinajstić information content (AvgIpc) is 2.33. The molecular formula is C9H13NO3. The summed E-state index contributed by atoms with van der Waals surface area (Å²) in [5.74, 6) is -0.973. The smallest absolute Gasteiger partial charge is 0.352 e. The van der Waals surface area contributed by atoms with Crippen molar-refractivity contribution in [1.29, 1.82) is 0 Å². The monoisotopic (exact) mass is 183 g/mol. The van der Waals surface area contributed by atoms with Crippen molar-refractivity contribution >= 4 is 5.97 Å². The first-order chi connectivity index (χ1) is 6.07. The summed E-state index contributed by atoms with van der Waals surface area (Å²) in [5, 5.41) is 17.6. The molecule has 0 amide bonds. The van der Waals surface area contributed by atoms with Crippen LogP contribution in [0.3, 0.4) is 0 Å². The first kappa shape index (κ1) is 9.80. The summed E-state index contributed by atoms with van der Waals surface area (Å²) >= 11 is 0. The van der Waals surface area contributed by atoms with Gasteiger partial charge >= 0.3 is 5.97 Å². The molecule has 4 heteroatoms. The van der Waals surface area contributed by atoms with Gasteiger partial charge in [0, 0.05) is 12.3 Å². The van der Waals surface area contributed by atoms with Gasteiger partial charge in [-0.3, -0.25) is 0 Å². The van der Waals surface area contributed by atoms with E-state index in [1.54, 1.807) is 0 Å². The summed E-state index contributed by atoms with van der Waals surface area (Å²) in [5.41, 5.74) is 2.67. The van der Waals surface area contributed by atoms with Crippen LogP contribution < -0.4 is 0 Å². The lowest BCUT2D eigenvalue weighted by Crippen LogP contribution is -2.03. The van der Waals surface area contributed by atoms with E-state index < -0.39 is 5.97 Å². The zero-order chi connectivity index (χ0) is 10.0. The predicted octanol–water partition coefficient (Wildman–Crippen LogP) is 0.865. The molecule has 1 aromatic heterocycles. The molecule has 1 heterocycles. The third kappa shape index (κ3) is 1.72. The number of aromatic nitrogens is 1. The molecule has 0 unspecified atom stereocenters. The van der Waals surface area contributed by atoms with Crippen LogP contribution in [0, 0.1) is 13.8 Å². The quantitative estimate of drug-likeness (QED) is 0.650. The molecule has 0 fully saturated rings. The molecule has 0 bridgehead atoms. The lowest BCUT2D eigenvalue weighted by atomic mass is 10.1. The molecule has 0 saturated heterocycles. The highest BCUT2D eigenvalue weighted by molar-refractivity contribution is 5.88. The van der Waals surface area contributed by atoms with E-state index in [1.165, 1.54) is 0 Å². The molecule has 0 aliphatic carbocycles. The minimum absolute atomic E-state index is 0.0294. The molecule has 3 N–H and O–H groups in total. The average molecular weight is 183 g/mol. The number of aryl methyl sites for hydroxylation is 1. The standard InChI is InChI=1S/C9H13NO3/c1-5-6(2)10-8(9(12)13)7(5)3-4-11/h10-11H,3-4H2,1-2H3,(H,12,13). The summed E-state index contributed by atoms with van der Waals surface area (Å²) < 4.78 is 0. The van der Waals surface area contributed by atoms with Gasteiger partial charge in [-0.15, -0.1) is 0 Å². The zero-order valence-electron chi connectivity index (χ0n) is 7.72. The minimum Gasteiger partial charge on any atom is -0.477 e. The third-order valence-electron chi connectivity index (χ3n) is 2.21. The van der Waals surface area contributed by atoms with Crippen LogP contribution in [0.15, 0.2) is 0 Å². The van der Waals surface area contributed by atoms with E-state index in [-0.39, 0.29) is 12.3 Å². The van der Waals surface area contributed by atoms with Gasteiger partial charge in [-0.05, 0) is 31.4 Å². The van der Waals surface area contributed by atoms with E-state index in [2.05, 4.69) is 4.98 Å². The number of carboxylic acid groups (broad SMARTS) is 1. The van der Waals surface area contributed by atoms with Crippen LogP contribution in [0.25, 0.3) is 0 Å². The van der Waals surface area contributed by atoms with Crippen LogP contribution in [0.2, 0.25) is 0 Å². The molecule has 1 rings (SSSR count). The van der Waals surface area contributed by atoms with Gasteiger partial charge in [-0.1, -0.05) is 0 Å². The number of rotatable bonds is 3. The first-order valence-electron chi connectivity index (χ1n) is 4.10. The Hall–Kier alpha value is -1.29. The van der Waals surface area contributed by atoms with E-state index >= 15 is 0 Å². The van der Waals surface area contributed by atoms with Gasteiger partial charge in [0.15, 0.2) is 0 Å². The largest absolute Gasteiger partial charge is 0.477 e. The molecule has 13 heavy (non-hydrogen) atoms. The van der Waals surface area contributed by atoms with Gasteiger partial charge in [0.2, 0.25) is 0 Å². The van der Waals surface area contributed by atoms with Crippen molar-refractivity contribution in [2.24, 2.45) is 0 Å². The van der Waals surface area contributed by atoms with Crippen molar-refractivity contribution in [1.82, 2.24) is 4.98 Å². The van der Waals surface area contributed by atoms with Crippen molar-refractivity contribution < 1.29 is 15.0 Å². The van der Waals surface area contributed by atoms with Crippen molar-refractivity contribution in [3.05, 3.63) is 22.5 Å². The number of aliphatic hydroxyl groups excluding tert-OH is 1. The molecule has 72 valence electrons. The molecular weight excluding hydrogens is 170 g/mol. The number of aliphatic hydroxyl groups is 1. The van der Waals surface area contributed by atoms with E-state index in [4.69, 9.17) is 10.2 Å². The Labute approximate surface area is 76.2 Å². The van der Waals surface area contributed by atoms with Gasteiger partial charge in [0.25, 0.3) is 0 Å². The van der Waals surface area contributed by atoms with E-state index in [0.29, 0.717) is 12.0 Å². The van der Waals surface area contributed by atoms with Crippen molar-refractivity contribution in [3.63, 3.8) is 0 Å². The maximum absolute atomic E-state index is 10.7. The number of aromatic amines is 1. The molecule has 0 aliphatic rings. The van der Waals surface area contributed by atoms with Crippen LogP contribution in [-0.2, 0) is 6.42 Å². The van der Waals surface area contributed by atoms with E-state index in [9.17, 15) is 4.79 Å². The lowest BCUT2D eigenvalue weighted by molar-refractivity contribution is 0.0689. The van der Waals surface area contributed by atoms with Crippen LogP contribution in [0.5, 0.6) is 0 Å². The Morgan fingerprint density at radius 3 is 2.54 bits per heavy atom. The summed E-state index contributed by atoms with van der Waals surface area (Å²) in [6, 6.07) is 0. The Kier molecular flexibility index (Phi) is 2.72. The number of H-pyrrole nitrogens is 1. The summed E-state index contributed by atoms with van der Waals surface area (Å²) in [6.07, 6.45) is 0.387. The third-order valence-corrected chi connectivity index (χ3v) is 2.21. The predicted molar refractivity (Wildman–Crippen MR) is 48.0 cm³/mol. The fraction of sp³-hybridized carbons (Fsp3) is 0.444. The zero-order valence-corrected chi connectivity index (χ0v) is 7.72. The number of hydrogen-bond donors (Lipinski definition) is 3. The molecule has 0 spiro atoms. The molecule has 1 aromatic rings. The Balaban J connectivity index is 3.18. The highest BCUT2D eigenvalue weighted by Gasteiger charge is 2.16. The summed E-state index contributed by atoms with van der Waals surface area (Å²) in [7, 11) is 0.